The van der Waals surface area contributed by atoms with Gasteiger partial charge in [-0.25, -0.2) is 13.4 Å². The molecule has 0 spiro atoms. The van der Waals surface area contributed by atoms with Crippen LogP contribution < -0.4 is 14.4 Å². The Labute approximate surface area is 192 Å². The van der Waals surface area contributed by atoms with Crippen LogP contribution in [0.2, 0.25) is 0 Å². The number of halogens is 1. The highest BCUT2D eigenvalue weighted by molar-refractivity contribution is 9.10. The van der Waals surface area contributed by atoms with E-state index in [4.69, 9.17) is 4.74 Å². The molecule has 1 aromatic heterocycles. The SMILES string of the molecule is CCOc1ccc2nc(NS(=O)(=O)c3cc4c(cc3Br)CCN4C(=O)C3CC3)sc2c1. The predicted octanol–water partition coefficient (Wildman–Crippen LogP) is 4.56. The van der Waals surface area contributed by atoms with Crippen molar-refractivity contribution in [3.8, 4) is 5.75 Å². The lowest BCUT2D eigenvalue weighted by Gasteiger charge is -2.18. The molecule has 31 heavy (non-hydrogen) atoms. The first-order valence-corrected chi connectivity index (χ1v) is 13.1. The van der Waals surface area contributed by atoms with Gasteiger partial charge < -0.3 is 9.64 Å². The minimum atomic E-state index is -3.91. The van der Waals surface area contributed by atoms with E-state index in [1.807, 2.05) is 19.1 Å². The molecular weight excluding hydrogens is 502 g/mol. The molecule has 2 aliphatic rings. The summed E-state index contributed by atoms with van der Waals surface area (Å²) in [6.07, 6.45) is 2.55. The summed E-state index contributed by atoms with van der Waals surface area (Å²) >= 11 is 4.65. The Balaban J connectivity index is 1.46. The molecule has 3 aromatic rings. The highest BCUT2D eigenvalue weighted by atomic mass is 79.9. The zero-order valence-corrected chi connectivity index (χ0v) is 19.9. The van der Waals surface area contributed by atoms with Crippen molar-refractivity contribution < 1.29 is 17.9 Å². The number of rotatable bonds is 6. The number of amides is 1. The molecule has 1 fully saturated rings. The van der Waals surface area contributed by atoms with Crippen LogP contribution >= 0.6 is 27.3 Å². The molecule has 10 heteroatoms. The Morgan fingerprint density at radius 1 is 1.32 bits per heavy atom. The number of hydrogen-bond acceptors (Lipinski definition) is 6. The molecule has 0 atom stereocenters. The minimum Gasteiger partial charge on any atom is -0.494 e. The smallest absolute Gasteiger partial charge is 0.264 e. The lowest BCUT2D eigenvalue weighted by Crippen LogP contribution is -2.30. The highest BCUT2D eigenvalue weighted by Gasteiger charge is 2.37. The first-order chi connectivity index (χ1) is 14.9. The van der Waals surface area contributed by atoms with Crippen LogP contribution in [0, 0.1) is 5.92 Å². The molecule has 1 aliphatic carbocycles. The molecule has 7 nitrogen and oxygen atoms in total. The van der Waals surface area contributed by atoms with Crippen molar-refractivity contribution in [3.63, 3.8) is 0 Å². The van der Waals surface area contributed by atoms with Crippen molar-refractivity contribution in [1.82, 2.24) is 4.98 Å². The average Bonchev–Trinajstić information content (AvgIpc) is 3.38. The van der Waals surface area contributed by atoms with Crippen molar-refractivity contribution in [1.29, 1.82) is 0 Å². The van der Waals surface area contributed by atoms with Gasteiger partial charge in [-0.05, 0) is 78.0 Å². The molecule has 1 amide bonds. The fourth-order valence-corrected chi connectivity index (χ4v) is 6.99. The zero-order chi connectivity index (χ0) is 21.8. The van der Waals surface area contributed by atoms with Crippen LogP contribution in [0.5, 0.6) is 5.75 Å². The van der Waals surface area contributed by atoms with Crippen LogP contribution in [0.4, 0.5) is 10.8 Å². The topological polar surface area (TPSA) is 88.6 Å². The van der Waals surface area contributed by atoms with E-state index >= 15 is 0 Å². The fourth-order valence-electron chi connectivity index (χ4n) is 3.75. The first kappa shape index (κ1) is 20.7. The Bertz CT molecular complexity index is 1300. The van der Waals surface area contributed by atoms with E-state index in [0.717, 1.165) is 35.3 Å². The van der Waals surface area contributed by atoms with Crippen molar-refractivity contribution in [2.45, 2.75) is 31.1 Å². The van der Waals surface area contributed by atoms with E-state index in [0.29, 0.717) is 28.8 Å². The molecule has 162 valence electrons. The summed E-state index contributed by atoms with van der Waals surface area (Å²) < 4.78 is 35.8. The third-order valence-electron chi connectivity index (χ3n) is 5.40. The predicted molar refractivity (Wildman–Crippen MR) is 125 cm³/mol. The van der Waals surface area contributed by atoms with Gasteiger partial charge in [-0.2, -0.15) is 0 Å². The van der Waals surface area contributed by atoms with Gasteiger partial charge in [0.05, 0.1) is 16.8 Å². The zero-order valence-electron chi connectivity index (χ0n) is 16.7. The van der Waals surface area contributed by atoms with Gasteiger partial charge in [0.15, 0.2) is 5.13 Å². The molecule has 5 rings (SSSR count). The van der Waals surface area contributed by atoms with Crippen molar-refractivity contribution in [2.75, 3.05) is 22.8 Å². The molecular formula is C21H20BrN3O4S2. The van der Waals surface area contributed by atoms with Gasteiger partial charge in [0.1, 0.15) is 10.6 Å². The quantitative estimate of drug-likeness (QED) is 0.513. The number of nitrogens with one attached hydrogen (secondary N) is 1. The number of fused-ring (bicyclic) bond motifs is 2. The van der Waals surface area contributed by atoms with Gasteiger partial charge in [-0.3, -0.25) is 9.52 Å². The molecule has 2 aromatic carbocycles. The van der Waals surface area contributed by atoms with E-state index < -0.39 is 10.0 Å². The largest absolute Gasteiger partial charge is 0.494 e. The standard InChI is InChI=1S/C21H20BrN3O4S2/c1-2-29-14-5-6-16-18(10-14)30-21(23-16)24-31(27,28)19-11-17-13(9-15(19)22)7-8-25(17)20(26)12-3-4-12/h5-6,9-12H,2-4,7-8H2,1H3,(H,23,24). The molecule has 0 bridgehead atoms. The van der Waals surface area contributed by atoms with Gasteiger partial charge in [-0.1, -0.05) is 11.3 Å². The number of carbonyl (C=O) groups excluding carboxylic acids is 1. The second kappa shape index (κ2) is 7.75. The summed E-state index contributed by atoms with van der Waals surface area (Å²) in [5.74, 6) is 0.889. The van der Waals surface area contributed by atoms with Crippen molar-refractivity contribution >= 4 is 64.2 Å². The number of hydrogen-bond donors (Lipinski definition) is 1. The number of thiazole rings is 1. The summed E-state index contributed by atoms with van der Waals surface area (Å²) in [6, 6.07) is 8.86. The monoisotopic (exact) mass is 521 g/mol. The number of carbonyl (C=O) groups is 1. The lowest BCUT2D eigenvalue weighted by molar-refractivity contribution is -0.119. The number of sulfonamides is 1. The molecule has 0 saturated heterocycles. The maximum absolute atomic E-state index is 13.2. The third kappa shape index (κ3) is 3.92. The van der Waals surface area contributed by atoms with Crippen LogP contribution in [0.1, 0.15) is 25.3 Å². The van der Waals surface area contributed by atoms with Crippen molar-refractivity contribution in [2.24, 2.45) is 5.92 Å². The number of anilines is 2. The fraction of sp³-hybridized carbons (Fsp3) is 0.333. The Morgan fingerprint density at radius 2 is 2.13 bits per heavy atom. The van der Waals surface area contributed by atoms with E-state index in [1.54, 1.807) is 23.1 Å². The van der Waals surface area contributed by atoms with Crippen LogP contribution in [0.15, 0.2) is 39.7 Å². The van der Waals surface area contributed by atoms with Crippen LogP contribution in [-0.4, -0.2) is 32.5 Å². The summed E-state index contributed by atoms with van der Waals surface area (Å²) in [5.41, 5.74) is 2.36. The maximum Gasteiger partial charge on any atom is 0.264 e. The summed E-state index contributed by atoms with van der Waals surface area (Å²) in [5, 5.41) is 0.280. The average molecular weight is 522 g/mol. The Hall–Kier alpha value is -2.17. The number of aromatic nitrogens is 1. The van der Waals surface area contributed by atoms with E-state index in [-0.39, 0.29) is 21.9 Å². The molecule has 1 N–H and O–H groups in total. The third-order valence-corrected chi connectivity index (χ3v) is 8.76. The van der Waals surface area contributed by atoms with Gasteiger partial charge >= 0.3 is 0 Å². The molecule has 0 unspecified atom stereocenters. The van der Waals surface area contributed by atoms with Gasteiger partial charge in [0.2, 0.25) is 5.91 Å². The first-order valence-electron chi connectivity index (χ1n) is 10.1. The van der Waals surface area contributed by atoms with Crippen LogP contribution in [0.25, 0.3) is 10.2 Å². The summed E-state index contributed by atoms with van der Waals surface area (Å²) in [6.45, 7) is 3.05. The molecule has 2 heterocycles. The number of ether oxygens (including phenoxy) is 1. The minimum absolute atomic E-state index is 0.0807. The van der Waals surface area contributed by atoms with Crippen LogP contribution in [-0.2, 0) is 21.2 Å². The number of benzene rings is 2. The van der Waals surface area contributed by atoms with Gasteiger partial charge in [-0.15, -0.1) is 0 Å². The van der Waals surface area contributed by atoms with Crippen molar-refractivity contribution in [3.05, 3.63) is 40.4 Å². The lowest BCUT2D eigenvalue weighted by atomic mass is 10.2. The summed E-state index contributed by atoms with van der Waals surface area (Å²) in [4.78, 5) is 18.8. The van der Waals surface area contributed by atoms with E-state index in [9.17, 15) is 13.2 Å². The highest BCUT2D eigenvalue weighted by Crippen LogP contribution is 2.40. The molecule has 1 saturated carbocycles. The second-order valence-corrected chi connectivity index (χ2v) is 11.1. The van der Waals surface area contributed by atoms with Crippen LogP contribution in [0.3, 0.4) is 0 Å². The molecule has 0 radical (unpaired) electrons. The molecule has 1 aliphatic heterocycles. The summed E-state index contributed by atoms with van der Waals surface area (Å²) in [7, 11) is -3.91. The van der Waals surface area contributed by atoms with E-state index in [2.05, 4.69) is 25.6 Å². The van der Waals surface area contributed by atoms with Gasteiger partial charge in [0, 0.05) is 22.6 Å². The van der Waals surface area contributed by atoms with E-state index in [1.165, 1.54) is 11.3 Å². The second-order valence-electron chi connectivity index (χ2n) is 7.61. The Morgan fingerprint density at radius 3 is 2.87 bits per heavy atom. The maximum atomic E-state index is 13.2. The normalized spacial score (nSPS) is 15.9. The van der Waals surface area contributed by atoms with Gasteiger partial charge in [0.25, 0.3) is 10.0 Å². The Kier molecular flexibility index (Phi) is 5.18. The number of nitrogens with zero attached hydrogens (tertiary/aromatic N) is 2.